The molecule has 94 valence electrons. The molecular weight excluding hydrogens is 286 g/mol. The Hall–Kier alpha value is -1.85. The van der Waals surface area contributed by atoms with Gasteiger partial charge in [-0.15, -0.1) is 11.3 Å². The molecule has 2 amide bonds. The summed E-state index contributed by atoms with van der Waals surface area (Å²) in [5.74, 6) is -0.460. The Morgan fingerprint density at radius 1 is 1.21 bits per heavy atom. The Morgan fingerprint density at radius 2 is 2.05 bits per heavy atom. The highest BCUT2D eigenvalue weighted by atomic mass is 35.5. The number of hydrogen-bond donors (Lipinski definition) is 1. The van der Waals surface area contributed by atoms with Gasteiger partial charge in [0.25, 0.3) is 5.91 Å². The third kappa shape index (κ3) is 1.19. The van der Waals surface area contributed by atoms with Crippen LogP contribution in [0.15, 0.2) is 29.6 Å². The molecule has 1 aliphatic heterocycles. The number of ether oxygens (including phenoxy) is 1. The number of hydrogen-bond acceptors (Lipinski definition) is 4. The highest BCUT2D eigenvalue weighted by Crippen LogP contribution is 2.54. The number of fused-ring (bicyclic) bond motifs is 5. The summed E-state index contributed by atoms with van der Waals surface area (Å²) in [6.45, 7) is 0. The molecule has 0 saturated carbocycles. The Balaban J connectivity index is 2.11. The van der Waals surface area contributed by atoms with Crippen molar-refractivity contribution < 1.29 is 14.3 Å². The molecule has 6 heteroatoms. The predicted octanol–water partition coefficient (Wildman–Crippen LogP) is 2.89. The number of thiophene rings is 1. The van der Waals surface area contributed by atoms with E-state index in [0.717, 1.165) is 10.4 Å². The molecule has 1 spiro atoms. The molecule has 2 aromatic rings. The van der Waals surface area contributed by atoms with Crippen molar-refractivity contribution in [1.82, 2.24) is 5.32 Å². The second kappa shape index (κ2) is 3.37. The van der Waals surface area contributed by atoms with Gasteiger partial charge in [0.2, 0.25) is 5.60 Å². The molecule has 1 N–H and O–H groups in total. The van der Waals surface area contributed by atoms with Gasteiger partial charge < -0.3 is 4.74 Å². The van der Waals surface area contributed by atoms with Gasteiger partial charge in [0.05, 0.1) is 0 Å². The van der Waals surface area contributed by atoms with E-state index in [-0.39, 0.29) is 0 Å². The maximum absolute atomic E-state index is 12.2. The number of imide groups is 1. The maximum atomic E-state index is 12.2. The van der Waals surface area contributed by atoms with Gasteiger partial charge in [-0.1, -0.05) is 17.7 Å². The molecule has 1 aromatic carbocycles. The molecule has 1 aromatic heterocycles. The maximum Gasteiger partial charge on any atom is 0.415 e. The van der Waals surface area contributed by atoms with Gasteiger partial charge in [-0.2, -0.15) is 0 Å². The average molecular weight is 292 g/mol. The van der Waals surface area contributed by atoms with Crippen LogP contribution in [0.4, 0.5) is 4.79 Å². The molecule has 2 aliphatic rings. The molecule has 4 nitrogen and oxygen atoms in total. The predicted molar refractivity (Wildman–Crippen MR) is 70.2 cm³/mol. The van der Waals surface area contributed by atoms with Crippen LogP contribution in [0.2, 0.25) is 5.02 Å². The molecule has 2 heterocycles. The van der Waals surface area contributed by atoms with Crippen molar-refractivity contribution in [1.29, 1.82) is 0 Å². The number of amides is 2. The van der Waals surface area contributed by atoms with Crippen LogP contribution in [0, 0.1) is 0 Å². The standard InChI is InChI=1S/C13H6ClNO3S/c14-6-1-2-7-9(5-6)13(8-3-4-19-10(7)8)11(16)15-12(17)18-13/h1-5H,(H,15,16,17). The second-order valence-electron chi connectivity index (χ2n) is 4.38. The first-order valence-corrected chi connectivity index (χ1v) is 6.81. The Morgan fingerprint density at radius 3 is 2.79 bits per heavy atom. The van der Waals surface area contributed by atoms with E-state index in [9.17, 15) is 9.59 Å². The van der Waals surface area contributed by atoms with Crippen LogP contribution >= 0.6 is 22.9 Å². The number of alkyl carbamates (subject to hydrolysis) is 1. The lowest BCUT2D eigenvalue weighted by atomic mass is 9.91. The van der Waals surface area contributed by atoms with Crippen LogP contribution in [-0.2, 0) is 15.1 Å². The van der Waals surface area contributed by atoms with Crippen LogP contribution in [-0.4, -0.2) is 12.0 Å². The second-order valence-corrected chi connectivity index (χ2v) is 5.73. The van der Waals surface area contributed by atoms with Crippen molar-refractivity contribution in [3.63, 3.8) is 0 Å². The van der Waals surface area contributed by atoms with Crippen molar-refractivity contribution in [3.05, 3.63) is 45.8 Å². The quantitative estimate of drug-likeness (QED) is 0.812. The summed E-state index contributed by atoms with van der Waals surface area (Å²) in [7, 11) is 0. The van der Waals surface area contributed by atoms with E-state index in [1.165, 1.54) is 11.3 Å². The minimum absolute atomic E-state index is 0.460. The van der Waals surface area contributed by atoms with Gasteiger partial charge in [-0.3, -0.25) is 10.1 Å². The van der Waals surface area contributed by atoms with Crippen molar-refractivity contribution >= 4 is 34.9 Å². The van der Waals surface area contributed by atoms with E-state index in [1.807, 2.05) is 17.5 Å². The minimum Gasteiger partial charge on any atom is -0.422 e. The number of carbonyl (C=O) groups is 2. The Bertz CT molecular complexity index is 754. The first kappa shape index (κ1) is 11.0. The third-order valence-corrected chi connectivity index (χ3v) is 4.61. The first-order valence-electron chi connectivity index (χ1n) is 5.56. The zero-order valence-corrected chi connectivity index (χ0v) is 11.0. The number of benzene rings is 1. The fraction of sp³-hybridized carbons (Fsp3) is 0.0769. The van der Waals surface area contributed by atoms with Gasteiger partial charge in [-0.05, 0) is 23.6 Å². The molecule has 0 radical (unpaired) electrons. The molecule has 19 heavy (non-hydrogen) atoms. The van der Waals surface area contributed by atoms with Gasteiger partial charge in [-0.25, -0.2) is 4.79 Å². The highest BCUT2D eigenvalue weighted by molar-refractivity contribution is 7.14. The first-order chi connectivity index (χ1) is 9.13. The van der Waals surface area contributed by atoms with Crippen LogP contribution in [0.25, 0.3) is 10.4 Å². The van der Waals surface area contributed by atoms with Crippen molar-refractivity contribution in [2.45, 2.75) is 5.60 Å². The largest absolute Gasteiger partial charge is 0.422 e. The lowest BCUT2D eigenvalue weighted by Crippen LogP contribution is -2.35. The monoisotopic (exact) mass is 291 g/mol. The molecule has 0 bridgehead atoms. The molecule has 4 rings (SSSR count). The normalized spacial score (nSPS) is 23.2. The SMILES string of the molecule is O=C1NC(=O)C2(O1)c1cc(Cl)ccc1-c1sccc12. The van der Waals surface area contributed by atoms with E-state index in [2.05, 4.69) is 5.32 Å². The van der Waals surface area contributed by atoms with Crippen LogP contribution in [0.3, 0.4) is 0 Å². The Labute approximate surface area is 117 Å². The summed E-state index contributed by atoms with van der Waals surface area (Å²) in [5, 5.41) is 4.58. The molecular formula is C13H6ClNO3S. The molecule has 1 saturated heterocycles. The molecule has 1 atom stereocenters. The summed E-state index contributed by atoms with van der Waals surface area (Å²) < 4.78 is 5.34. The van der Waals surface area contributed by atoms with E-state index < -0.39 is 17.6 Å². The van der Waals surface area contributed by atoms with E-state index in [0.29, 0.717) is 16.1 Å². The van der Waals surface area contributed by atoms with E-state index >= 15 is 0 Å². The fourth-order valence-electron chi connectivity index (χ4n) is 2.69. The van der Waals surface area contributed by atoms with Crippen molar-refractivity contribution in [3.8, 4) is 10.4 Å². The average Bonchev–Trinajstić information content (AvgIpc) is 2.99. The van der Waals surface area contributed by atoms with Crippen LogP contribution < -0.4 is 5.32 Å². The van der Waals surface area contributed by atoms with Gasteiger partial charge in [0.1, 0.15) is 0 Å². The minimum atomic E-state index is -1.37. The number of carbonyl (C=O) groups excluding carboxylic acids is 2. The summed E-state index contributed by atoms with van der Waals surface area (Å²) in [4.78, 5) is 24.6. The fourth-order valence-corrected chi connectivity index (χ4v) is 3.85. The van der Waals surface area contributed by atoms with Crippen molar-refractivity contribution in [2.24, 2.45) is 0 Å². The summed E-state index contributed by atoms with van der Waals surface area (Å²) in [5.41, 5.74) is 0.856. The lowest BCUT2D eigenvalue weighted by molar-refractivity contribution is -0.128. The number of rotatable bonds is 0. The lowest BCUT2D eigenvalue weighted by Gasteiger charge is -2.20. The molecule has 1 unspecified atom stereocenters. The highest BCUT2D eigenvalue weighted by Gasteiger charge is 2.58. The van der Waals surface area contributed by atoms with Gasteiger partial charge >= 0.3 is 6.09 Å². The van der Waals surface area contributed by atoms with E-state index in [1.54, 1.807) is 12.1 Å². The molecule has 1 aliphatic carbocycles. The number of halogens is 1. The van der Waals surface area contributed by atoms with Crippen molar-refractivity contribution in [2.75, 3.05) is 0 Å². The van der Waals surface area contributed by atoms with Crippen LogP contribution in [0.1, 0.15) is 11.1 Å². The Kier molecular flexibility index (Phi) is 1.96. The summed E-state index contributed by atoms with van der Waals surface area (Å²) >= 11 is 7.52. The van der Waals surface area contributed by atoms with Crippen LogP contribution in [0.5, 0.6) is 0 Å². The molecule has 1 fully saturated rings. The summed E-state index contributed by atoms with van der Waals surface area (Å²) in [6.07, 6.45) is -0.727. The topological polar surface area (TPSA) is 55.4 Å². The smallest absolute Gasteiger partial charge is 0.415 e. The van der Waals surface area contributed by atoms with Gasteiger partial charge in [0, 0.05) is 26.6 Å². The third-order valence-electron chi connectivity index (χ3n) is 3.43. The zero-order chi connectivity index (χ0) is 13.2. The summed E-state index contributed by atoms with van der Waals surface area (Å²) in [6, 6.07) is 7.10. The zero-order valence-electron chi connectivity index (χ0n) is 9.40. The number of nitrogens with one attached hydrogen (secondary N) is 1. The van der Waals surface area contributed by atoms with E-state index in [4.69, 9.17) is 16.3 Å². The van der Waals surface area contributed by atoms with Gasteiger partial charge in [0.15, 0.2) is 0 Å².